The van der Waals surface area contributed by atoms with E-state index >= 15 is 0 Å². The van der Waals surface area contributed by atoms with Crippen molar-refractivity contribution in [2.24, 2.45) is 0 Å². The number of ether oxygens (including phenoxy) is 1. The molecule has 0 saturated carbocycles. The zero-order valence-corrected chi connectivity index (χ0v) is 22.6. The molecule has 0 radical (unpaired) electrons. The second-order valence-electron chi connectivity index (χ2n) is 9.00. The molecule has 1 N–H and O–H groups in total. The van der Waals surface area contributed by atoms with E-state index in [0.29, 0.717) is 28.6 Å². The van der Waals surface area contributed by atoms with E-state index in [1.807, 2.05) is 47.0 Å². The summed E-state index contributed by atoms with van der Waals surface area (Å²) in [4.78, 5) is 16.2. The topological polar surface area (TPSA) is 72.5 Å². The van der Waals surface area contributed by atoms with Crippen LogP contribution in [0.15, 0.2) is 51.5 Å². The molecule has 0 spiro atoms. The predicted octanol–water partition coefficient (Wildman–Crippen LogP) is 6.78. The van der Waals surface area contributed by atoms with Crippen molar-refractivity contribution in [3.8, 4) is 16.5 Å². The molecule has 7 nitrogen and oxygen atoms in total. The summed E-state index contributed by atoms with van der Waals surface area (Å²) in [6, 6.07) is 14.1. The number of benzene rings is 1. The Hall–Kier alpha value is -2.33. The Labute approximate surface area is 221 Å². The van der Waals surface area contributed by atoms with Gasteiger partial charge >= 0.3 is 6.09 Å². The minimum Gasteiger partial charge on any atom is -0.393 e. The molecule has 1 aliphatic rings. The van der Waals surface area contributed by atoms with Crippen LogP contribution >= 0.6 is 38.9 Å². The maximum atomic E-state index is 12.8. The van der Waals surface area contributed by atoms with Gasteiger partial charge in [-0.25, -0.2) is 4.79 Å². The van der Waals surface area contributed by atoms with Crippen LogP contribution in [0.3, 0.4) is 0 Å². The van der Waals surface area contributed by atoms with Crippen LogP contribution in [-0.4, -0.2) is 45.9 Å². The minimum absolute atomic E-state index is 0.111. The Morgan fingerprint density at radius 1 is 1.26 bits per heavy atom. The lowest BCUT2D eigenvalue weighted by Gasteiger charge is -2.34. The van der Waals surface area contributed by atoms with Crippen molar-refractivity contribution in [3.63, 3.8) is 0 Å². The van der Waals surface area contributed by atoms with Gasteiger partial charge in [-0.1, -0.05) is 32.7 Å². The SMILES string of the molecule is CC(C)N1CCC(NC(=O)Oc2cc3cc(Br)ccc3n2Cc2cc(-c3ccc(Cl)s3)on2)CC1. The smallest absolute Gasteiger partial charge is 0.393 e. The standard InChI is InChI=1S/C25H26BrClN4O3S/c1-15(2)30-9-7-18(8-10-30)28-25(32)33-24-12-16-11-17(26)3-4-20(16)31(24)14-19-13-21(34-29-19)22-5-6-23(27)35-22/h3-6,11-13,15,18H,7-10,14H2,1-2H3,(H,28,32). The van der Waals surface area contributed by atoms with Gasteiger partial charge in [0.2, 0.25) is 5.88 Å². The molecule has 0 atom stereocenters. The highest BCUT2D eigenvalue weighted by atomic mass is 79.9. The molecule has 1 amide bonds. The summed E-state index contributed by atoms with van der Waals surface area (Å²) in [5.41, 5.74) is 1.65. The van der Waals surface area contributed by atoms with Crippen molar-refractivity contribution in [3.05, 3.63) is 57.0 Å². The molecule has 0 bridgehead atoms. The molecule has 184 valence electrons. The lowest BCUT2D eigenvalue weighted by Crippen LogP contribution is -2.47. The molecule has 0 unspecified atom stereocenters. The van der Waals surface area contributed by atoms with Gasteiger partial charge in [0.05, 0.1) is 21.3 Å². The lowest BCUT2D eigenvalue weighted by molar-refractivity contribution is 0.151. The van der Waals surface area contributed by atoms with E-state index in [0.717, 1.165) is 51.9 Å². The van der Waals surface area contributed by atoms with Gasteiger partial charge < -0.3 is 24.0 Å². The summed E-state index contributed by atoms with van der Waals surface area (Å²) in [6.45, 7) is 6.74. The third-order valence-electron chi connectivity index (χ3n) is 6.30. The van der Waals surface area contributed by atoms with Gasteiger partial charge in [-0.3, -0.25) is 0 Å². The van der Waals surface area contributed by atoms with Gasteiger partial charge in [-0.05, 0) is 57.0 Å². The fourth-order valence-corrected chi connectivity index (χ4v) is 5.80. The number of aromatic nitrogens is 2. The maximum absolute atomic E-state index is 12.8. The number of halogens is 2. The van der Waals surface area contributed by atoms with Gasteiger partial charge in [0.1, 0.15) is 5.69 Å². The van der Waals surface area contributed by atoms with Crippen LogP contribution in [0.4, 0.5) is 4.79 Å². The van der Waals surface area contributed by atoms with Crippen molar-refractivity contribution in [1.29, 1.82) is 0 Å². The fourth-order valence-electron chi connectivity index (χ4n) is 4.43. The normalized spacial score (nSPS) is 15.2. The molecule has 3 aromatic heterocycles. The first-order valence-electron chi connectivity index (χ1n) is 11.6. The number of carbonyl (C=O) groups excluding carboxylic acids is 1. The Bertz CT molecular complexity index is 1340. The van der Waals surface area contributed by atoms with Gasteiger partial charge in [-0.15, -0.1) is 11.3 Å². The number of thiophene rings is 1. The second kappa shape index (κ2) is 10.3. The molecule has 4 heterocycles. The fraction of sp³-hybridized carbons (Fsp3) is 0.360. The van der Waals surface area contributed by atoms with E-state index in [1.54, 1.807) is 0 Å². The summed E-state index contributed by atoms with van der Waals surface area (Å²) in [7, 11) is 0. The Morgan fingerprint density at radius 3 is 2.77 bits per heavy atom. The number of likely N-dealkylation sites (tertiary alicyclic amines) is 1. The van der Waals surface area contributed by atoms with E-state index in [9.17, 15) is 4.79 Å². The van der Waals surface area contributed by atoms with Crippen molar-refractivity contribution in [2.45, 2.75) is 45.3 Å². The van der Waals surface area contributed by atoms with Crippen LogP contribution in [0, 0.1) is 0 Å². The number of nitrogens with zero attached hydrogens (tertiary/aromatic N) is 3. The number of amides is 1. The van der Waals surface area contributed by atoms with Crippen LogP contribution in [0.25, 0.3) is 21.5 Å². The first-order chi connectivity index (χ1) is 16.9. The Balaban J connectivity index is 1.34. The van der Waals surface area contributed by atoms with Crippen molar-refractivity contribution in [2.75, 3.05) is 13.1 Å². The molecule has 1 saturated heterocycles. The number of nitrogens with one attached hydrogen (secondary N) is 1. The van der Waals surface area contributed by atoms with E-state index in [-0.39, 0.29) is 6.04 Å². The predicted molar refractivity (Wildman–Crippen MR) is 142 cm³/mol. The summed E-state index contributed by atoms with van der Waals surface area (Å²) in [5, 5.41) is 8.24. The van der Waals surface area contributed by atoms with Crippen LogP contribution in [-0.2, 0) is 6.54 Å². The summed E-state index contributed by atoms with van der Waals surface area (Å²) < 4.78 is 15.0. The van der Waals surface area contributed by atoms with Crippen LogP contribution in [0.5, 0.6) is 5.88 Å². The molecule has 1 aromatic carbocycles. The van der Waals surface area contributed by atoms with Crippen molar-refractivity contribution >= 4 is 55.9 Å². The second-order valence-corrected chi connectivity index (χ2v) is 11.6. The largest absolute Gasteiger partial charge is 0.414 e. The van der Waals surface area contributed by atoms with Crippen LogP contribution in [0.2, 0.25) is 4.34 Å². The minimum atomic E-state index is -0.440. The first-order valence-corrected chi connectivity index (χ1v) is 13.6. The Morgan fingerprint density at radius 2 is 2.06 bits per heavy atom. The monoisotopic (exact) mass is 576 g/mol. The summed E-state index contributed by atoms with van der Waals surface area (Å²) in [5.74, 6) is 1.11. The summed E-state index contributed by atoms with van der Waals surface area (Å²) in [6.07, 6.45) is 1.39. The van der Waals surface area contributed by atoms with E-state index in [2.05, 4.69) is 45.2 Å². The van der Waals surface area contributed by atoms with Crippen LogP contribution in [0.1, 0.15) is 32.4 Å². The zero-order valence-electron chi connectivity index (χ0n) is 19.5. The van der Waals surface area contributed by atoms with Crippen LogP contribution < -0.4 is 10.1 Å². The quantitative estimate of drug-likeness (QED) is 0.273. The molecule has 5 rings (SSSR count). The van der Waals surface area contributed by atoms with Crippen molar-refractivity contribution < 1.29 is 14.1 Å². The average Bonchev–Trinajstić information content (AvgIpc) is 3.53. The third kappa shape index (κ3) is 5.58. The number of piperidine rings is 1. The number of hydrogen-bond donors (Lipinski definition) is 1. The van der Waals surface area contributed by atoms with Gasteiger partial charge in [0.15, 0.2) is 5.76 Å². The number of fused-ring (bicyclic) bond motifs is 1. The van der Waals surface area contributed by atoms with E-state index in [4.69, 9.17) is 20.9 Å². The number of carbonyl (C=O) groups is 1. The third-order valence-corrected chi connectivity index (χ3v) is 8.04. The average molecular weight is 578 g/mol. The highest BCUT2D eigenvalue weighted by molar-refractivity contribution is 9.10. The molecule has 10 heteroatoms. The molecular weight excluding hydrogens is 552 g/mol. The maximum Gasteiger partial charge on any atom is 0.414 e. The van der Waals surface area contributed by atoms with Gasteiger partial charge in [0.25, 0.3) is 0 Å². The molecule has 0 aliphatic carbocycles. The van der Waals surface area contributed by atoms with Crippen molar-refractivity contribution in [1.82, 2.24) is 19.9 Å². The van der Waals surface area contributed by atoms with Gasteiger partial charge in [0, 0.05) is 47.2 Å². The lowest BCUT2D eigenvalue weighted by atomic mass is 10.0. The van der Waals surface area contributed by atoms with E-state index < -0.39 is 6.09 Å². The molecule has 1 fully saturated rings. The highest BCUT2D eigenvalue weighted by Crippen LogP contribution is 2.33. The molecular formula is C25H26BrClN4O3S. The molecule has 4 aromatic rings. The number of rotatable bonds is 6. The highest BCUT2D eigenvalue weighted by Gasteiger charge is 2.24. The van der Waals surface area contributed by atoms with Gasteiger partial charge in [-0.2, -0.15) is 0 Å². The first kappa shape index (κ1) is 24.4. The van der Waals surface area contributed by atoms with E-state index in [1.165, 1.54) is 11.3 Å². The molecule has 35 heavy (non-hydrogen) atoms. The number of hydrogen-bond acceptors (Lipinski definition) is 6. The zero-order chi connectivity index (χ0) is 24.5. The summed E-state index contributed by atoms with van der Waals surface area (Å²) >= 11 is 11.0. The Kier molecular flexibility index (Phi) is 7.20. The molecule has 1 aliphatic heterocycles.